The molecule has 1 aliphatic rings. The summed E-state index contributed by atoms with van der Waals surface area (Å²) < 4.78 is 0. The summed E-state index contributed by atoms with van der Waals surface area (Å²) >= 11 is 0. The first kappa shape index (κ1) is 13.5. The van der Waals surface area contributed by atoms with Crippen LogP contribution in [0.3, 0.4) is 0 Å². The normalized spacial score (nSPS) is 26.7. The minimum Gasteiger partial charge on any atom is -0.353 e. The highest BCUT2D eigenvalue weighted by molar-refractivity contribution is 5.78. The third-order valence-corrected chi connectivity index (χ3v) is 3.81. The first-order chi connectivity index (χ1) is 7.67. The molecule has 16 heavy (non-hydrogen) atoms. The monoisotopic (exact) mass is 225 g/mol. The van der Waals surface area contributed by atoms with Gasteiger partial charge in [-0.05, 0) is 38.0 Å². The number of hydrogen-bond acceptors (Lipinski definition) is 1. The largest absolute Gasteiger partial charge is 0.353 e. The van der Waals surface area contributed by atoms with Crippen LogP contribution in [0.1, 0.15) is 65.7 Å². The number of hydrogen-bond donors (Lipinski definition) is 1. The number of amides is 1. The van der Waals surface area contributed by atoms with Gasteiger partial charge in [-0.2, -0.15) is 0 Å². The second kappa shape index (κ2) is 6.93. The SMILES string of the molecule is CCCCC(CC)C(=O)NC1CCC(C)C1. The van der Waals surface area contributed by atoms with Crippen LogP contribution in [0.2, 0.25) is 0 Å². The van der Waals surface area contributed by atoms with E-state index in [1.165, 1.54) is 32.1 Å². The van der Waals surface area contributed by atoms with Crippen molar-refractivity contribution in [2.24, 2.45) is 11.8 Å². The summed E-state index contributed by atoms with van der Waals surface area (Å²) in [5.41, 5.74) is 0. The summed E-state index contributed by atoms with van der Waals surface area (Å²) in [6, 6.07) is 0.457. The molecule has 0 bridgehead atoms. The lowest BCUT2D eigenvalue weighted by atomic mass is 9.98. The van der Waals surface area contributed by atoms with Crippen molar-refractivity contribution in [2.45, 2.75) is 71.8 Å². The fourth-order valence-electron chi connectivity index (χ4n) is 2.63. The van der Waals surface area contributed by atoms with Crippen molar-refractivity contribution in [1.29, 1.82) is 0 Å². The minimum atomic E-state index is 0.246. The van der Waals surface area contributed by atoms with Crippen molar-refractivity contribution in [1.82, 2.24) is 5.32 Å². The number of unbranched alkanes of at least 4 members (excludes halogenated alkanes) is 1. The summed E-state index contributed by atoms with van der Waals surface area (Å²) in [5.74, 6) is 1.34. The van der Waals surface area contributed by atoms with Gasteiger partial charge in [0.05, 0.1) is 0 Å². The predicted molar refractivity (Wildman–Crippen MR) is 68.3 cm³/mol. The topological polar surface area (TPSA) is 29.1 Å². The van der Waals surface area contributed by atoms with Crippen LogP contribution in [-0.2, 0) is 4.79 Å². The highest BCUT2D eigenvalue weighted by Crippen LogP contribution is 2.25. The molecule has 0 radical (unpaired) electrons. The van der Waals surface area contributed by atoms with Gasteiger partial charge in [0.2, 0.25) is 5.91 Å². The fraction of sp³-hybridized carbons (Fsp3) is 0.929. The van der Waals surface area contributed by atoms with Crippen molar-refractivity contribution in [3.8, 4) is 0 Å². The second-order valence-electron chi connectivity index (χ2n) is 5.37. The lowest BCUT2D eigenvalue weighted by Gasteiger charge is -2.18. The molecule has 1 rings (SSSR count). The van der Waals surface area contributed by atoms with E-state index in [1.54, 1.807) is 0 Å². The number of carbonyl (C=O) groups is 1. The van der Waals surface area contributed by atoms with E-state index >= 15 is 0 Å². The van der Waals surface area contributed by atoms with Gasteiger partial charge >= 0.3 is 0 Å². The molecule has 0 aliphatic heterocycles. The van der Waals surface area contributed by atoms with Crippen molar-refractivity contribution >= 4 is 5.91 Å². The minimum absolute atomic E-state index is 0.246. The van der Waals surface area contributed by atoms with Crippen LogP contribution in [0, 0.1) is 11.8 Å². The molecule has 1 fully saturated rings. The Hall–Kier alpha value is -0.530. The maximum atomic E-state index is 12.0. The van der Waals surface area contributed by atoms with Gasteiger partial charge < -0.3 is 5.32 Å². The van der Waals surface area contributed by atoms with E-state index < -0.39 is 0 Å². The number of carbonyl (C=O) groups excluding carboxylic acids is 1. The smallest absolute Gasteiger partial charge is 0.223 e. The van der Waals surface area contributed by atoms with Crippen LogP contribution < -0.4 is 5.32 Å². The van der Waals surface area contributed by atoms with Crippen molar-refractivity contribution < 1.29 is 4.79 Å². The Bertz CT molecular complexity index is 215. The zero-order valence-corrected chi connectivity index (χ0v) is 11.1. The van der Waals surface area contributed by atoms with E-state index in [1.807, 2.05) is 0 Å². The highest BCUT2D eigenvalue weighted by Gasteiger charge is 2.25. The van der Waals surface area contributed by atoms with Gasteiger partial charge in [-0.15, -0.1) is 0 Å². The van der Waals surface area contributed by atoms with Crippen molar-refractivity contribution in [3.63, 3.8) is 0 Å². The van der Waals surface area contributed by atoms with Gasteiger partial charge in [0.15, 0.2) is 0 Å². The molecule has 3 atom stereocenters. The molecular weight excluding hydrogens is 198 g/mol. The third-order valence-electron chi connectivity index (χ3n) is 3.81. The highest BCUT2D eigenvalue weighted by atomic mass is 16.1. The molecule has 2 heteroatoms. The summed E-state index contributed by atoms with van der Waals surface area (Å²) in [5, 5.41) is 3.23. The van der Waals surface area contributed by atoms with E-state index in [4.69, 9.17) is 0 Å². The lowest BCUT2D eigenvalue weighted by molar-refractivity contribution is -0.126. The molecule has 0 spiro atoms. The van der Waals surface area contributed by atoms with E-state index in [9.17, 15) is 4.79 Å². The summed E-state index contributed by atoms with van der Waals surface area (Å²) in [4.78, 5) is 12.0. The van der Waals surface area contributed by atoms with E-state index in [0.717, 1.165) is 18.8 Å². The standard InChI is InChI=1S/C14H27NO/c1-4-6-7-12(5-2)14(16)15-13-9-8-11(3)10-13/h11-13H,4-10H2,1-3H3,(H,15,16). The third kappa shape index (κ3) is 4.15. The van der Waals surface area contributed by atoms with Crippen LogP contribution in [0.15, 0.2) is 0 Å². The Morgan fingerprint density at radius 2 is 2.12 bits per heavy atom. The molecule has 0 aromatic carbocycles. The van der Waals surface area contributed by atoms with Crippen molar-refractivity contribution in [3.05, 3.63) is 0 Å². The Kier molecular flexibility index (Phi) is 5.86. The lowest BCUT2D eigenvalue weighted by Crippen LogP contribution is -2.37. The molecule has 2 nitrogen and oxygen atoms in total. The molecule has 1 N–H and O–H groups in total. The molecule has 0 aromatic rings. The molecule has 1 aliphatic carbocycles. The Balaban J connectivity index is 2.31. The molecule has 0 saturated heterocycles. The van der Waals surface area contributed by atoms with Gasteiger partial charge in [-0.3, -0.25) is 4.79 Å². The van der Waals surface area contributed by atoms with Gasteiger partial charge in [0, 0.05) is 12.0 Å². The Morgan fingerprint density at radius 1 is 1.38 bits per heavy atom. The quantitative estimate of drug-likeness (QED) is 0.736. The summed E-state index contributed by atoms with van der Waals surface area (Å²) in [7, 11) is 0. The zero-order valence-electron chi connectivity index (χ0n) is 11.1. The maximum absolute atomic E-state index is 12.0. The molecular formula is C14H27NO. The van der Waals surface area contributed by atoms with E-state index in [-0.39, 0.29) is 5.92 Å². The molecule has 3 unspecified atom stereocenters. The van der Waals surface area contributed by atoms with Crippen LogP contribution in [-0.4, -0.2) is 11.9 Å². The average Bonchev–Trinajstić information content (AvgIpc) is 2.65. The van der Waals surface area contributed by atoms with Gasteiger partial charge in [-0.25, -0.2) is 0 Å². The number of nitrogens with one attached hydrogen (secondary N) is 1. The van der Waals surface area contributed by atoms with Gasteiger partial charge in [0.1, 0.15) is 0 Å². The van der Waals surface area contributed by atoms with Gasteiger partial charge in [-0.1, -0.05) is 33.6 Å². The number of rotatable bonds is 6. The van der Waals surface area contributed by atoms with Gasteiger partial charge in [0.25, 0.3) is 0 Å². The maximum Gasteiger partial charge on any atom is 0.223 e. The van der Waals surface area contributed by atoms with Crippen LogP contribution in [0.5, 0.6) is 0 Å². The first-order valence-electron chi connectivity index (χ1n) is 6.97. The summed E-state index contributed by atoms with van der Waals surface area (Å²) in [6.07, 6.45) is 8.02. The average molecular weight is 225 g/mol. The Morgan fingerprint density at radius 3 is 2.62 bits per heavy atom. The Labute approximate surface area is 100 Å². The summed E-state index contributed by atoms with van der Waals surface area (Å²) in [6.45, 7) is 6.58. The molecule has 1 amide bonds. The van der Waals surface area contributed by atoms with Crippen LogP contribution in [0.25, 0.3) is 0 Å². The second-order valence-corrected chi connectivity index (χ2v) is 5.37. The predicted octanol–water partition coefficient (Wildman–Crippen LogP) is 3.51. The van der Waals surface area contributed by atoms with E-state index in [2.05, 4.69) is 26.1 Å². The van der Waals surface area contributed by atoms with E-state index in [0.29, 0.717) is 11.9 Å². The first-order valence-corrected chi connectivity index (χ1v) is 6.97. The zero-order chi connectivity index (χ0) is 12.0. The van der Waals surface area contributed by atoms with Crippen LogP contribution in [0.4, 0.5) is 0 Å². The van der Waals surface area contributed by atoms with Crippen molar-refractivity contribution in [2.75, 3.05) is 0 Å². The fourth-order valence-corrected chi connectivity index (χ4v) is 2.63. The molecule has 0 aromatic heterocycles. The van der Waals surface area contributed by atoms with Crippen LogP contribution >= 0.6 is 0 Å². The molecule has 94 valence electrons. The molecule has 0 heterocycles. The molecule has 1 saturated carbocycles.